The second-order valence-electron chi connectivity index (χ2n) is 9.84. The predicted molar refractivity (Wildman–Crippen MR) is 116 cm³/mol. The first-order valence-corrected chi connectivity index (χ1v) is 11.3. The molecule has 11 atom stereocenters. The fraction of sp³-hybridized carbons (Fsp3) is 0.739. The Morgan fingerprint density at radius 1 is 0.765 bits per heavy atom. The molecule has 0 saturated carbocycles. The van der Waals surface area contributed by atoms with E-state index in [1.807, 2.05) is 51.1 Å². The highest BCUT2D eigenvalue weighted by Gasteiger charge is 2.48. The van der Waals surface area contributed by atoms with Crippen molar-refractivity contribution in [2.24, 2.45) is 5.41 Å². The van der Waals surface area contributed by atoms with Crippen molar-refractivity contribution >= 4 is 0 Å². The minimum atomic E-state index is -1.63. The minimum absolute atomic E-state index is 0.409. The molecule has 2 saturated heterocycles. The average Bonchev–Trinajstić information content (AvgIpc) is 2.80. The van der Waals surface area contributed by atoms with Crippen LogP contribution in [0.4, 0.5) is 0 Å². The van der Waals surface area contributed by atoms with Crippen LogP contribution in [0.3, 0.4) is 0 Å². The molecule has 34 heavy (non-hydrogen) atoms. The van der Waals surface area contributed by atoms with Gasteiger partial charge in [-0.25, -0.2) is 0 Å². The van der Waals surface area contributed by atoms with Crippen LogP contribution in [0.1, 0.15) is 32.4 Å². The molecule has 2 fully saturated rings. The van der Waals surface area contributed by atoms with Crippen molar-refractivity contribution in [3.05, 3.63) is 35.9 Å². The second kappa shape index (κ2) is 11.2. The van der Waals surface area contributed by atoms with Crippen LogP contribution in [0.25, 0.3) is 0 Å². The lowest BCUT2D eigenvalue weighted by Gasteiger charge is -2.44. The number of aliphatic hydroxyl groups is 7. The molecular formula is C23H36O11. The van der Waals surface area contributed by atoms with E-state index in [2.05, 4.69) is 0 Å². The molecule has 194 valence electrons. The van der Waals surface area contributed by atoms with Crippen molar-refractivity contribution in [2.75, 3.05) is 13.2 Å². The molecule has 1 aromatic rings. The van der Waals surface area contributed by atoms with E-state index in [1.165, 1.54) is 0 Å². The maximum absolute atomic E-state index is 10.5. The highest BCUT2D eigenvalue weighted by Crippen LogP contribution is 2.39. The maximum Gasteiger partial charge on any atom is 0.187 e. The Balaban J connectivity index is 1.71. The van der Waals surface area contributed by atoms with Crippen LogP contribution in [0, 0.1) is 5.41 Å². The number of benzene rings is 1. The van der Waals surface area contributed by atoms with Crippen LogP contribution in [-0.4, -0.2) is 110 Å². The Morgan fingerprint density at radius 3 is 1.85 bits per heavy atom. The van der Waals surface area contributed by atoms with E-state index in [9.17, 15) is 35.7 Å². The molecule has 11 heteroatoms. The van der Waals surface area contributed by atoms with Gasteiger partial charge in [-0.3, -0.25) is 0 Å². The molecule has 2 unspecified atom stereocenters. The van der Waals surface area contributed by atoms with Crippen molar-refractivity contribution in [1.29, 1.82) is 0 Å². The van der Waals surface area contributed by atoms with Gasteiger partial charge in [0.2, 0.25) is 0 Å². The Hall–Kier alpha value is -1.22. The summed E-state index contributed by atoms with van der Waals surface area (Å²) in [4.78, 5) is 0. The van der Waals surface area contributed by atoms with Gasteiger partial charge in [-0.05, 0) is 11.0 Å². The molecule has 0 radical (unpaired) electrons. The molecule has 0 aliphatic carbocycles. The lowest BCUT2D eigenvalue weighted by Crippen LogP contribution is -2.62. The first kappa shape index (κ1) is 27.4. The van der Waals surface area contributed by atoms with Crippen LogP contribution in [-0.2, 0) is 18.9 Å². The molecule has 2 aliphatic rings. The molecule has 3 rings (SSSR count). The van der Waals surface area contributed by atoms with Gasteiger partial charge < -0.3 is 54.7 Å². The molecule has 0 amide bonds. The minimum Gasteiger partial charge on any atom is -0.394 e. The Bertz CT molecular complexity index is 755. The summed E-state index contributed by atoms with van der Waals surface area (Å²) in [6, 6.07) is 9.31. The molecule has 0 aromatic heterocycles. The van der Waals surface area contributed by atoms with Crippen LogP contribution >= 0.6 is 0 Å². The van der Waals surface area contributed by atoms with Gasteiger partial charge in [-0.1, -0.05) is 51.1 Å². The fourth-order valence-electron chi connectivity index (χ4n) is 4.11. The van der Waals surface area contributed by atoms with Gasteiger partial charge in [0.15, 0.2) is 12.6 Å². The second-order valence-corrected chi connectivity index (χ2v) is 9.84. The van der Waals surface area contributed by atoms with Crippen molar-refractivity contribution < 1.29 is 54.7 Å². The third kappa shape index (κ3) is 5.94. The third-order valence-corrected chi connectivity index (χ3v) is 6.10. The highest BCUT2D eigenvalue weighted by molar-refractivity contribution is 5.19. The summed E-state index contributed by atoms with van der Waals surface area (Å²) in [6.07, 6.45) is -15.2. The summed E-state index contributed by atoms with van der Waals surface area (Å²) < 4.78 is 22.6. The van der Waals surface area contributed by atoms with E-state index in [4.69, 9.17) is 18.9 Å². The normalized spacial score (nSPS) is 40.2. The largest absolute Gasteiger partial charge is 0.394 e. The summed E-state index contributed by atoms with van der Waals surface area (Å²) in [7, 11) is 0. The lowest BCUT2D eigenvalue weighted by atomic mass is 9.84. The predicted octanol–water partition coefficient (Wildman–Crippen LogP) is -1.59. The van der Waals surface area contributed by atoms with Crippen LogP contribution in [0.15, 0.2) is 30.3 Å². The molecule has 2 heterocycles. The number of ether oxygens (including phenoxy) is 4. The van der Waals surface area contributed by atoms with E-state index in [0.29, 0.717) is 0 Å². The quantitative estimate of drug-likeness (QED) is 0.235. The van der Waals surface area contributed by atoms with E-state index < -0.39 is 86.1 Å². The zero-order valence-electron chi connectivity index (χ0n) is 19.4. The number of hydrogen-bond acceptors (Lipinski definition) is 11. The first-order valence-electron chi connectivity index (χ1n) is 11.3. The van der Waals surface area contributed by atoms with Gasteiger partial charge in [0, 0.05) is 0 Å². The van der Waals surface area contributed by atoms with Gasteiger partial charge in [0.05, 0.1) is 19.3 Å². The van der Waals surface area contributed by atoms with E-state index in [-0.39, 0.29) is 0 Å². The Labute approximate surface area is 198 Å². The molecule has 1 aromatic carbocycles. The topological polar surface area (TPSA) is 179 Å². The van der Waals surface area contributed by atoms with E-state index in [1.54, 1.807) is 0 Å². The van der Waals surface area contributed by atoms with Crippen molar-refractivity contribution in [3.8, 4) is 0 Å². The molecule has 0 bridgehead atoms. The molecule has 7 N–H and O–H groups in total. The third-order valence-electron chi connectivity index (χ3n) is 6.10. The first-order chi connectivity index (χ1) is 16.0. The van der Waals surface area contributed by atoms with Crippen LogP contribution in [0.2, 0.25) is 0 Å². The Morgan fingerprint density at radius 2 is 1.29 bits per heavy atom. The zero-order valence-corrected chi connectivity index (χ0v) is 19.4. The Kier molecular flexibility index (Phi) is 9.04. The van der Waals surface area contributed by atoms with Crippen molar-refractivity contribution in [2.45, 2.75) is 88.3 Å². The van der Waals surface area contributed by atoms with Gasteiger partial charge in [0.25, 0.3) is 0 Å². The van der Waals surface area contributed by atoms with E-state index >= 15 is 0 Å². The average molecular weight is 489 g/mol. The van der Waals surface area contributed by atoms with Crippen LogP contribution < -0.4 is 0 Å². The smallest absolute Gasteiger partial charge is 0.187 e. The number of hydrogen-bond donors (Lipinski definition) is 7. The maximum atomic E-state index is 10.5. The monoisotopic (exact) mass is 488 g/mol. The summed E-state index contributed by atoms with van der Waals surface area (Å²) in [6.45, 7) is 4.81. The molecular weight excluding hydrogens is 452 g/mol. The SMILES string of the molecule is CC(C)(C)C(OC1O[C@H](CO[C@@H]2O[C@H](CO)[C@@H](O)[C@H](O)[C@H]2O)[C@@H](O)[C@H](O)[C@H]1O)c1ccccc1. The number of rotatable bonds is 7. The van der Waals surface area contributed by atoms with E-state index in [0.717, 1.165) is 5.56 Å². The zero-order chi connectivity index (χ0) is 25.2. The molecule has 0 spiro atoms. The number of aliphatic hydroxyl groups excluding tert-OH is 7. The standard InChI is InChI=1S/C23H36O11/c1-23(2,3)20(11-7-5-4-6-8-11)34-22-19(30)17(28)15(26)13(33-22)10-31-21-18(29)16(27)14(25)12(9-24)32-21/h4-8,12-22,24-30H,9-10H2,1-3H3/t12-,13-,14-,15-,16+,17+,18-,19-,20?,21-,22?/m1/s1. The molecule has 11 nitrogen and oxygen atoms in total. The lowest BCUT2D eigenvalue weighted by molar-refractivity contribution is -0.340. The van der Waals surface area contributed by atoms with Crippen LogP contribution in [0.5, 0.6) is 0 Å². The fourth-order valence-corrected chi connectivity index (χ4v) is 4.11. The van der Waals surface area contributed by atoms with Crippen molar-refractivity contribution in [3.63, 3.8) is 0 Å². The van der Waals surface area contributed by atoms with Gasteiger partial charge >= 0.3 is 0 Å². The van der Waals surface area contributed by atoms with Crippen molar-refractivity contribution in [1.82, 2.24) is 0 Å². The van der Waals surface area contributed by atoms with Gasteiger partial charge in [-0.2, -0.15) is 0 Å². The van der Waals surface area contributed by atoms with Gasteiger partial charge in [-0.15, -0.1) is 0 Å². The summed E-state index contributed by atoms with van der Waals surface area (Å²) >= 11 is 0. The summed E-state index contributed by atoms with van der Waals surface area (Å²) in [5.41, 5.74) is 0.425. The highest BCUT2D eigenvalue weighted by atomic mass is 16.7. The molecule has 2 aliphatic heterocycles. The van der Waals surface area contributed by atoms with Gasteiger partial charge in [0.1, 0.15) is 48.8 Å². The summed E-state index contributed by atoms with van der Waals surface area (Å²) in [5, 5.41) is 70.6. The summed E-state index contributed by atoms with van der Waals surface area (Å²) in [5.74, 6) is 0.